The number of hydrogen-bond acceptors (Lipinski definition) is 5. The van der Waals surface area contributed by atoms with E-state index in [-0.39, 0.29) is 18.0 Å². The number of sulfonamides is 1. The number of nitrogens with one attached hydrogen (secondary N) is 1. The Morgan fingerprint density at radius 1 is 1.50 bits per heavy atom. The van der Waals surface area contributed by atoms with E-state index in [1.165, 1.54) is 19.2 Å². The van der Waals surface area contributed by atoms with Gasteiger partial charge in [0, 0.05) is 19.3 Å². The minimum absolute atomic E-state index is 0.0680. The van der Waals surface area contributed by atoms with E-state index in [0.29, 0.717) is 5.69 Å². The van der Waals surface area contributed by atoms with Crippen LogP contribution in [-0.4, -0.2) is 39.9 Å². The highest BCUT2D eigenvalue weighted by molar-refractivity contribution is 7.89. The predicted molar refractivity (Wildman–Crippen MR) is 68.7 cm³/mol. The molecule has 1 aromatic rings. The van der Waals surface area contributed by atoms with E-state index in [4.69, 9.17) is 10.5 Å². The molecular formula is C11H18N2O4S. The molecule has 0 radical (unpaired) electrons. The number of aliphatic hydroxyl groups excluding tert-OH is 1. The zero-order valence-corrected chi connectivity index (χ0v) is 11.2. The number of benzene rings is 1. The molecule has 1 rings (SSSR count). The molecule has 7 heteroatoms. The molecule has 0 saturated carbocycles. The third kappa shape index (κ3) is 3.95. The third-order valence-corrected chi connectivity index (χ3v) is 3.85. The van der Waals surface area contributed by atoms with E-state index < -0.39 is 16.1 Å². The Hall–Kier alpha value is -1.15. The monoisotopic (exact) mass is 274 g/mol. The number of aryl methyl sites for hydroxylation is 1. The summed E-state index contributed by atoms with van der Waals surface area (Å²) < 4.78 is 30.8. The molecule has 0 aromatic heterocycles. The fourth-order valence-corrected chi connectivity index (χ4v) is 2.43. The van der Waals surface area contributed by atoms with Crippen molar-refractivity contribution in [3.63, 3.8) is 0 Å². The van der Waals surface area contributed by atoms with Gasteiger partial charge in [0.15, 0.2) is 0 Å². The number of hydrogen-bond donors (Lipinski definition) is 3. The Morgan fingerprint density at radius 2 is 2.17 bits per heavy atom. The van der Waals surface area contributed by atoms with Crippen LogP contribution in [0, 0.1) is 6.92 Å². The molecule has 18 heavy (non-hydrogen) atoms. The topological polar surface area (TPSA) is 102 Å². The summed E-state index contributed by atoms with van der Waals surface area (Å²) in [6, 6.07) is 4.49. The third-order valence-electron chi connectivity index (χ3n) is 2.43. The van der Waals surface area contributed by atoms with E-state index >= 15 is 0 Å². The van der Waals surface area contributed by atoms with Gasteiger partial charge in [0.05, 0.1) is 17.6 Å². The van der Waals surface area contributed by atoms with Crippen LogP contribution >= 0.6 is 0 Å². The van der Waals surface area contributed by atoms with E-state index in [1.54, 1.807) is 13.0 Å². The predicted octanol–water partition coefficient (Wildman–Crippen LogP) is -0.137. The molecule has 0 heterocycles. The second kappa shape index (κ2) is 6.14. The van der Waals surface area contributed by atoms with Crippen molar-refractivity contribution < 1.29 is 18.3 Å². The first-order chi connectivity index (χ1) is 8.36. The summed E-state index contributed by atoms with van der Waals surface area (Å²) in [6.07, 6.45) is -0.882. The van der Waals surface area contributed by atoms with Gasteiger partial charge in [-0.05, 0) is 24.6 Å². The zero-order chi connectivity index (χ0) is 13.8. The van der Waals surface area contributed by atoms with Gasteiger partial charge in [-0.25, -0.2) is 13.1 Å². The summed E-state index contributed by atoms with van der Waals surface area (Å²) in [5.41, 5.74) is 6.89. The molecule has 0 fully saturated rings. The van der Waals surface area contributed by atoms with Crippen LogP contribution in [0.1, 0.15) is 5.56 Å². The Bertz CT molecular complexity index is 502. The molecule has 4 N–H and O–H groups in total. The number of aliphatic hydroxyl groups is 1. The Balaban J connectivity index is 2.77. The van der Waals surface area contributed by atoms with Crippen LogP contribution < -0.4 is 10.5 Å². The highest BCUT2D eigenvalue weighted by Gasteiger charge is 2.16. The smallest absolute Gasteiger partial charge is 0.240 e. The summed E-state index contributed by atoms with van der Waals surface area (Å²) in [5, 5.41) is 9.38. The van der Waals surface area contributed by atoms with Crippen molar-refractivity contribution in [1.82, 2.24) is 4.72 Å². The van der Waals surface area contributed by atoms with Crippen molar-refractivity contribution in [2.24, 2.45) is 0 Å². The maximum Gasteiger partial charge on any atom is 0.240 e. The molecule has 0 bridgehead atoms. The van der Waals surface area contributed by atoms with Crippen molar-refractivity contribution in [1.29, 1.82) is 0 Å². The van der Waals surface area contributed by atoms with E-state index in [9.17, 15) is 13.5 Å². The fraction of sp³-hybridized carbons (Fsp3) is 0.455. The molecule has 1 atom stereocenters. The summed E-state index contributed by atoms with van der Waals surface area (Å²) in [7, 11) is -2.23. The molecule has 0 aliphatic carbocycles. The lowest BCUT2D eigenvalue weighted by Gasteiger charge is -2.12. The maximum absolute atomic E-state index is 11.9. The normalized spacial score (nSPS) is 13.5. The second-order valence-electron chi connectivity index (χ2n) is 3.98. The average Bonchev–Trinajstić information content (AvgIpc) is 2.30. The minimum Gasteiger partial charge on any atom is -0.398 e. The van der Waals surface area contributed by atoms with Gasteiger partial charge in [-0.3, -0.25) is 0 Å². The lowest BCUT2D eigenvalue weighted by atomic mass is 10.2. The van der Waals surface area contributed by atoms with Crippen molar-refractivity contribution in [2.45, 2.75) is 17.9 Å². The summed E-state index contributed by atoms with van der Waals surface area (Å²) in [6.45, 7) is 1.75. The van der Waals surface area contributed by atoms with Gasteiger partial charge in [-0.2, -0.15) is 0 Å². The number of nitrogen functional groups attached to an aromatic ring is 1. The quantitative estimate of drug-likeness (QED) is 0.627. The molecule has 0 saturated heterocycles. The van der Waals surface area contributed by atoms with Crippen molar-refractivity contribution in [2.75, 3.05) is 26.0 Å². The van der Waals surface area contributed by atoms with Gasteiger partial charge in [0.1, 0.15) is 0 Å². The Kier molecular flexibility index (Phi) is 5.09. The van der Waals surface area contributed by atoms with Crippen molar-refractivity contribution >= 4 is 15.7 Å². The van der Waals surface area contributed by atoms with E-state index in [1.807, 2.05) is 0 Å². The van der Waals surface area contributed by atoms with Crippen LogP contribution in [0.2, 0.25) is 0 Å². The molecule has 1 aromatic carbocycles. The van der Waals surface area contributed by atoms with Crippen molar-refractivity contribution in [3.05, 3.63) is 23.8 Å². The number of methoxy groups -OCH3 is 1. The van der Waals surface area contributed by atoms with Crippen LogP contribution in [0.25, 0.3) is 0 Å². The van der Waals surface area contributed by atoms with Crippen LogP contribution in [0.5, 0.6) is 0 Å². The molecule has 1 unspecified atom stereocenters. The number of anilines is 1. The number of nitrogens with two attached hydrogens (primary N) is 1. The lowest BCUT2D eigenvalue weighted by Crippen LogP contribution is -2.34. The maximum atomic E-state index is 11.9. The van der Waals surface area contributed by atoms with Gasteiger partial charge >= 0.3 is 0 Å². The molecule has 102 valence electrons. The van der Waals surface area contributed by atoms with Crippen molar-refractivity contribution in [3.8, 4) is 0 Å². The van der Waals surface area contributed by atoms with Gasteiger partial charge < -0.3 is 15.6 Å². The van der Waals surface area contributed by atoms with Crippen LogP contribution in [0.3, 0.4) is 0 Å². The zero-order valence-electron chi connectivity index (χ0n) is 10.4. The number of rotatable bonds is 6. The molecule has 0 aliphatic heterocycles. The van der Waals surface area contributed by atoms with E-state index in [0.717, 1.165) is 5.56 Å². The standard InChI is InChI=1S/C11H18N2O4S/c1-8-3-4-10(5-11(8)12)18(15,16)13-6-9(14)7-17-2/h3-5,9,13-14H,6-7,12H2,1-2H3. The first-order valence-electron chi connectivity index (χ1n) is 5.39. The average molecular weight is 274 g/mol. The van der Waals surface area contributed by atoms with Crippen LogP contribution in [0.15, 0.2) is 23.1 Å². The van der Waals surface area contributed by atoms with Crippen LogP contribution in [0.4, 0.5) is 5.69 Å². The fourth-order valence-electron chi connectivity index (χ4n) is 1.33. The summed E-state index contributed by atoms with van der Waals surface area (Å²) in [4.78, 5) is 0.0789. The SMILES string of the molecule is COCC(O)CNS(=O)(=O)c1ccc(C)c(N)c1. The Morgan fingerprint density at radius 3 is 2.72 bits per heavy atom. The molecule has 0 aliphatic rings. The van der Waals surface area contributed by atoms with Crippen LogP contribution in [-0.2, 0) is 14.8 Å². The molecule has 0 amide bonds. The largest absolute Gasteiger partial charge is 0.398 e. The highest BCUT2D eigenvalue weighted by Crippen LogP contribution is 2.16. The first kappa shape index (κ1) is 14.9. The summed E-state index contributed by atoms with van der Waals surface area (Å²) >= 11 is 0. The van der Waals surface area contributed by atoms with Gasteiger partial charge in [0.25, 0.3) is 0 Å². The molecular weight excluding hydrogens is 256 g/mol. The first-order valence-corrected chi connectivity index (χ1v) is 6.88. The van der Waals surface area contributed by atoms with Gasteiger partial charge in [0.2, 0.25) is 10.0 Å². The number of ether oxygens (including phenoxy) is 1. The second-order valence-corrected chi connectivity index (χ2v) is 5.75. The van der Waals surface area contributed by atoms with Gasteiger partial charge in [-0.1, -0.05) is 6.07 Å². The highest BCUT2D eigenvalue weighted by atomic mass is 32.2. The minimum atomic E-state index is -3.66. The molecule has 0 spiro atoms. The van der Waals surface area contributed by atoms with Gasteiger partial charge in [-0.15, -0.1) is 0 Å². The molecule has 6 nitrogen and oxygen atoms in total. The van der Waals surface area contributed by atoms with E-state index in [2.05, 4.69) is 4.72 Å². The Labute approximate surface area is 107 Å². The summed E-state index contributed by atoms with van der Waals surface area (Å²) in [5.74, 6) is 0. The lowest BCUT2D eigenvalue weighted by molar-refractivity contribution is 0.0679.